The summed E-state index contributed by atoms with van der Waals surface area (Å²) in [5, 5.41) is 3.11. The number of amides is 1. The normalized spacial score (nSPS) is 29.0. The van der Waals surface area contributed by atoms with Gasteiger partial charge in [-0.3, -0.25) is 4.79 Å². The molecule has 0 aromatic heterocycles. The van der Waals surface area contributed by atoms with E-state index in [9.17, 15) is 4.79 Å². The first kappa shape index (κ1) is 19.7. The molecule has 4 saturated carbocycles. The molecule has 3 heteroatoms. The van der Waals surface area contributed by atoms with E-state index in [-0.39, 0.29) is 12.5 Å². The number of hydrogen-bond donors (Lipinski definition) is 1. The van der Waals surface area contributed by atoms with Crippen LogP contribution in [0.5, 0.6) is 5.75 Å². The monoisotopic (exact) mass is 403 g/mol. The molecule has 158 valence electrons. The minimum atomic E-state index is -0.00640. The zero-order valence-corrected chi connectivity index (χ0v) is 17.8. The van der Waals surface area contributed by atoms with Gasteiger partial charge in [-0.25, -0.2) is 0 Å². The molecule has 0 radical (unpaired) electrons. The van der Waals surface area contributed by atoms with Crippen molar-refractivity contribution in [1.29, 1.82) is 0 Å². The van der Waals surface area contributed by atoms with Crippen LogP contribution in [0.3, 0.4) is 0 Å². The third kappa shape index (κ3) is 4.55. The average Bonchev–Trinajstić information content (AvgIpc) is 2.73. The highest BCUT2D eigenvalue weighted by atomic mass is 16.5. The lowest BCUT2D eigenvalue weighted by atomic mass is 9.49. The maximum atomic E-state index is 12.3. The van der Waals surface area contributed by atoms with E-state index in [0.29, 0.717) is 5.41 Å². The number of rotatable bonds is 8. The lowest BCUT2D eigenvalue weighted by Gasteiger charge is -2.57. The Morgan fingerprint density at radius 2 is 1.47 bits per heavy atom. The second-order valence-corrected chi connectivity index (χ2v) is 10.1. The summed E-state index contributed by atoms with van der Waals surface area (Å²) in [6.07, 6.45) is 10.7. The third-order valence-corrected chi connectivity index (χ3v) is 7.69. The van der Waals surface area contributed by atoms with Gasteiger partial charge < -0.3 is 10.1 Å². The van der Waals surface area contributed by atoms with E-state index in [4.69, 9.17) is 4.74 Å². The Hall–Kier alpha value is -2.29. The van der Waals surface area contributed by atoms with E-state index in [1.165, 1.54) is 49.7 Å². The van der Waals surface area contributed by atoms with E-state index in [1.54, 1.807) is 0 Å². The molecule has 4 fully saturated rings. The van der Waals surface area contributed by atoms with Crippen LogP contribution in [0.1, 0.15) is 56.1 Å². The molecule has 2 aromatic rings. The van der Waals surface area contributed by atoms with Crippen LogP contribution in [0.15, 0.2) is 54.6 Å². The van der Waals surface area contributed by atoms with Gasteiger partial charge in [-0.2, -0.15) is 0 Å². The van der Waals surface area contributed by atoms with Crippen LogP contribution in [0, 0.1) is 23.2 Å². The van der Waals surface area contributed by atoms with Crippen molar-refractivity contribution in [2.75, 3.05) is 13.2 Å². The Bertz CT molecular complexity index is 823. The molecule has 1 amide bonds. The molecule has 0 spiro atoms. The summed E-state index contributed by atoms with van der Waals surface area (Å²) in [6, 6.07) is 18.5. The number of benzene rings is 2. The molecule has 30 heavy (non-hydrogen) atoms. The summed E-state index contributed by atoms with van der Waals surface area (Å²) in [4.78, 5) is 12.3. The minimum Gasteiger partial charge on any atom is -0.484 e. The van der Waals surface area contributed by atoms with Gasteiger partial charge in [-0.05, 0) is 97.8 Å². The maximum Gasteiger partial charge on any atom is 0.257 e. The standard InChI is InChI=1S/C27H33NO2/c29-26(28-11-10-27-16-22-13-23(17-27)15-24(14-22)18-27)19-30-25-8-6-21(7-9-25)12-20-4-2-1-3-5-20/h1-9,22-24H,10-19H2,(H,28,29). The Balaban J connectivity index is 1.04. The van der Waals surface area contributed by atoms with Crippen molar-refractivity contribution in [2.45, 2.75) is 51.4 Å². The van der Waals surface area contributed by atoms with Crippen LogP contribution in [-0.4, -0.2) is 19.1 Å². The van der Waals surface area contributed by atoms with Crippen molar-refractivity contribution in [3.63, 3.8) is 0 Å². The summed E-state index contributed by atoms with van der Waals surface area (Å²) in [6.45, 7) is 0.892. The highest BCUT2D eigenvalue weighted by Crippen LogP contribution is 2.61. The van der Waals surface area contributed by atoms with E-state index in [1.807, 2.05) is 18.2 Å². The van der Waals surface area contributed by atoms with Gasteiger partial charge in [0.15, 0.2) is 6.61 Å². The van der Waals surface area contributed by atoms with Crippen molar-refractivity contribution in [2.24, 2.45) is 23.2 Å². The van der Waals surface area contributed by atoms with Crippen molar-refractivity contribution in [3.8, 4) is 5.75 Å². The van der Waals surface area contributed by atoms with Gasteiger partial charge in [0, 0.05) is 6.54 Å². The molecule has 2 aromatic carbocycles. The van der Waals surface area contributed by atoms with E-state index in [0.717, 1.165) is 42.9 Å². The van der Waals surface area contributed by atoms with Crippen molar-refractivity contribution in [3.05, 3.63) is 65.7 Å². The van der Waals surface area contributed by atoms with Gasteiger partial charge in [0.1, 0.15) is 5.75 Å². The maximum absolute atomic E-state index is 12.3. The molecule has 4 bridgehead atoms. The fraction of sp³-hybridized carbons (Fsp3) is 0.519. The summed E-state index contributed by atoms with van der Waals surface area (Å²) in [7, 11) is 0. The molecule has 6 rings (SSSR count). The SMILES string of the molecule is O=C(COc1ccc(Cc2ccccc2)cc1)NCCC12CC3CC(CC(C3)C1)C2. The van der Waals surface area contributed by atoms with Crippen molar-refractivity contribution >= 4 is 5.91 Å². The largest absolute Gasteiger partial charge is 0.484 e. The summed E-state index contributed by atoms with van der Waals surface area (Å²) < 4.78 is 5.71. The molecule has 3 nitrogen and oxygen atoms in total. The summed E-state index contributed by atoms with van der Waals surface area (Å²) >= 11 is 0. The van der Waals surface area contributed by atoms with Crippen molar-refractivity contribution < 1.29 is 9.53 Å². The van der Waals surface area contributed by atoms with Gasteiger partial charge in [0.05, 0.1) is 0 Å². The minimum absolute atomic E-state index is 0.00640. The molecular formula is C27H33NO2. The van der Waals surface area contributed by atoms with Crippen LogP contribution >= 0.6 is 0 Å². The van der Waals surface area contributed by atoms with Crippen LogP contribution in [-0.2, 0) is 11.2 Å². The zero-order chi connectivity index (χ0) is 20.4. The highest BCUT2D eigenvalue weighted by molar-refractivity contribution is 5.77. The molecule has 1 N–H and O–H groups in total. The number of hydrogen-bond acceptors (Lipinski definition) is 2. The van der Waals surface area contributed by atoms with Crippen LogP contribution in [0.2, 0.25) is 0 Å². The first-order valence-corrected chi connectivity index (χ1v) is 11.7. The zero-order valence-electron chi connectivity index (χ0n) is 17.8. The molecule has 4 aliphatic rings. The molecule has 4 aliphatic carbocycles. The van der Waals surface area contributed by atoms with E-state index >= 15 is 0 Å². The molecule has 0 aliphatic heterocycles. The van der Waals surface area contributed by atoms with Crippen LogP contribution in [0.4, 0.5) is 0 Å². The summed E-state index contributed by atoms with van der Waals surface area (Å²) in [5.74, 6) is 3.66. The van der Waals surface area contributed by atoms with Crippen LogP contribution in [0.25, 0.3) is 0 Å². The first-order valence-electron chi connectivity index (χ1n) is 11.7. The molecule has 0 unspecified atom stereocenters. The Labute approximate surface area is 180 Å². The second kappa shape index (κ2) is 8.45. The van der Waals surface area contributed by atoms with Crippen molar-refractivity contribution in [1.82, 2.24) is 5.32 Å². The second-order valence-electron chi connectivity index (χ2n) is 10.1. The first-order chi connectivity index (χ1) is 14.7. The van der Waals surface area contributed by atoms with Gasteiger partial charge in [-0.15, -0.1) is 0 Å². The van der Waals surface area contributed by atoms with Gasteiger partial charge in [0.25, 0.3) is 5.91 Å². The molecular weight excluding hydrogens is 370 g/mol. The third-order valence-electron chi connectivity index (χ3n) is 7.69. The number of carbonyl (C=O) groups is 1. The highest BCUT2D eigenvalue weighted by Gasteiger charge is 2.50. The quantitative estimate of drug-likeness (QED) is 0.643. The Morgan fingerprint density at radius 1 is 0.867 bits per heavy atom. The average molecular weight is 404 g/mol. The summed E-state index contributed by atoms with van der Waals surface area (Å²) in [5.41, 5.74) is 3.07. The fourth-order valence-electron chi connectivity index (χ4n) is 6.80. The van der Waals surface area contributed by atoms with Gasteiger partial charge >= 0.3 is 0 Å². The predicted octanol–water partition coefficient (Wildman–Crippen LogP) is 5.38. The smallest absolute Gasteiger partial charge is 0.257 e. The Kier molecular flexibility index (Phi) is 5.54. The molecule has 0 saturated heterocycles. The van der Waals surface area contributed by atoms with E-state index in [2.05, 4.69) is 41.7 Å². The number of carbonyl (C=O) groups excluding carboxylic acids is 1. The lowest BCUT2D eigenvalue weighted by molar-refractivity contribution is -0.123. The van der Waals surface area contributed by atoms with Crippen LogP contribution < -0.4 is 10.1 Å². The van der Waals surface area contributed by atoms with Gasteiger partial charge in [-0.1, -0.05) is 42.5 Å². The van der Waals surface area contributed by atoms with Gasteiger partial charge in [0.2, 0.25) is 0 Å². The lowest BCUT2D eigenvalue weighted by Crippen LogP contribution is -2.47. The molecule has 0 atom stereocenters. The molecule has 0 heterocycles. The Morgan fingerprint density at radius 3 is 2.10 bits per heavy atom. The van der Waals surface area contributed by atoms with E-state index < -0.39 is 0 Å². The topological polar surface area (TPSA) is 38.3 Å². The number of ether oxygens (including phenoxy) is 1. The predicted molar refractivity (Wildman–Crippen MR) is 119 cm³/mol. The number of nitrogens with one attached hydrogen (secondary N) is 1. The fourth-order valence-corrected chi connectivity index (χ4v) is 6.80.